The highest BCUT2D eigenvalue weighted by Crippen LogP contribution is 2.35. The summed E-state index contributed by atoms with van der Waals surface area (Å²) >= 11 is 0. The Hall–Kier alpha value is -3.10. The summed E-state index contributed by atoms with van der Waals surface area (Å²) < 4.78 is 40.6. The molecule has 1 aromatic carbocycles. The standard InChI is InChI=1S/C25H29F3N4O2/c1-2-5-21-19(23(33)31-13-10-16-14-18(29)9-8-17(16)15-31)6-4-12-32(21)24(34)22-20(25(26,27)28)7-3-11-30-22/h3,7-9,11,14,19,21H,2,4-6,10,12-13,15,29H2,1H3/t19-,21-/m1/s1. The zero-order valence-corrected chi connectivity index (χ0v) is 19.1. The number of benzene rings is 1. The van der Waals surface area contributed by atoms with Gasteiger partial charge in [-0.15, -0.1) is 0 Å². The number of nitrogen functional groups attached to an aromatic ring is 1. The summed E-state index contributed by atoms with van der Waals surface area (Å²) in [5, 5.41) is 0. The highest BCUT2D eigenvalue weighted by atomic mass is 19.4. The molecular weight excluding hydrogens is 445 g/mol. The number of carbonyl (C=O) groups is 2. The minimum Gasteiger partial charge on any atom is -0.399 e. The number of nitrogens with zero attached hydrogens (tertiary/aromatic N) is 3. The third-order valence-corrected chi connectivity index (χ3v) is 6.81. The number of nitrogens with two attached hydrogens (primary N) is 1. The number of hydrogen-bond acceptors (Lipinski definition) is 4. The van der Waals surface area contributed by atoms with Crippen molar-refractivity contribution in [3.8, 4) is 0 Å². The molecule has 2 amide bonds. The van der Waals surface area contributed by atoms with Gasteiger partial charge in [0.25, 0.3) is 5.91 Å². The van der Waals surface area contributed by atoms with Gasteiger partial charge in [-0.3, -0.25) is 14.6 Å². The van der Waals surface area contributed by atoms with Gasteiger partial charge < -0.3 is 15.5 Å². The number of hydrogen-bond donors (Lipinski definition) is 1. The molecule has 2 aliphatic rings. The smallest absolute Gasteiger partial charge is 0.399 e. The number of likely N-dealkylation sites (tertiary alicyclic amines) is 1. The molecule has 2 aromatic rings. The van der Waals surface area contributed by atoms with Crippen molar-refractivity contribution in [2.45, 2.75) is 57.8 Å². The van der Waals surface area contributed by atoms with Gasteiger partial charge in [-0.1, -0.05) is 19.4 Å². The SMILES string of the molecule is CCC[C@@H]1[C@H](C(=O)N2CCc3cc(N)ccc3C2)CCCN1C(=O)c1ncccc1C(F)(F)F. The van der Waals surface area contributed by atoms with Crippen LogP contribution in [0.15, 0.2) is 36.5 Å². The summed E-state index contributed by atoms with van der Waals surface area (Å²) in [5.74, 6) is -1.26. The van der Waals surface area contributed by atoms with E-state index in [-0.39, 0.29) is 5.91 Å². The second-order valence-corrected chi connectivity index (χ2v) is 9.04. The van der Waals surface area contributed by atoms with Gasteiger partial charge in [-0.2, -0.15) is 13.2 Å². The van der Waals surface area contributed by atoms with Crippen LogP contribution in [0.3, 0.4) is 0 Å². The lowest BCUT2D eigenvalue weighted by Crippen LogP contribution is -2.54. The largest absolute Gasteiger partial charge is 0.418 e. The summed E-state index contributed by atoms with van der Waals surface area (Å²) in [7, 11) is 0. The van der Waals surface area contributed by atoms with E-state index in [1.54, 1.807) is 0 Å². The second kappa shape index (κ2) is 9.64. The van der Waals surface area contributed by atoms with E-state index in [1.807, 2.05) is 30.0 Å². The molecule has 1 saturated heterocycles. The van der Waals surface area contributed by atoms with Crippen LogP contribution < -0.4 is 5.73 Å². The molecule has 0 aliphatic carbocycles. The zero-order chi connectivity index (χ0) is 24.5. The molecule has 2 atom stereocenters. The summed E-state index contributed by atoms with van der Waals surface area (Å²) in [4.78, 5) is 34.0. The lowest BCUT2D eigenvalue weighted by molar-refractivity contribution is -0.141. The van der Waals surface area contributed by atoms with E-state index in [2.05, 4.69) is 4.98 Å². The van der Waals surface area contributed by atoms with E-state index in [1.165, 1.54) is 17.2 Å². The predicted octanol–water partition coefficient (Wildman–Crippen LogP) is 4.29. The highest BCUT2D eigenvalue weighted by molar-refractivity contribution is 5.95. The van der Waals surface area contributed by atoms with Crippen LogP contribution in [0.1, 0.15) is 59.8 Å². The van der Waals surface area contributed by atoms with E-state index in [4.69, 9.17) is 5.73 Å². The van der Waals surface area contributed by atoms with Crippen molar-refractivity contribution < 1.29 is 22.8 Å². The number of rotatable bonds is 4. The monoisotopic (exact) mass is 474 g/mol. The maximum Gasteiger partial charge on any atom is 0.418 e. The molecule has 182 valence electrons. The molecule has 3 heterocycles. The zero-order valence-electron chi connectivity index (χ0n) is 19.1. The van der Waals surface area contributed by atoms with E-state index in [0.717, 1.165) is 17.2 Å². The molecule has 2 N–H and O–H groups in total. The molecule has 1 fully saturated rings. The molecule has 2 aliphatic heterocycles. The fourth-order valence-electron chi connectivity index (χ4n) is 5.19. The van der Waals surface area contributed by atoms with Gasteiger partial charge in [0.2, 0.25) is 5.91 Å². The van der Waals surface area contributed by atoms with Crippen LogP contribution in [0.4, 0.5) is 18.9 Å². The Morgan fingerprint density at radius 2 is 1.97 bits per heavy atom. The Labute approximate surface area is 196 Å². The molecular formula is C25H29F3N4O2. The van der Waals surface area contributed by atoms with Crippen LogP contribution >= 0.6 is 0 Å². The van der Waals surface area contributed by atoms with Crippen molar-refractivity contribution in [3.05, 3.63) is 58.9 Å². The normalized spacial score (nSPS) is 20.7. The van der Waals surface area contributed by atoms with Crippen LogP contribution in [-0.2, 0) is 23.9 Å². The number of fused-ring (bicyclic) bond motifs is 1. The van der Waals surface area contributed by atoms with Crippen molar-refractivity contribution in [1.29, 1.82) is 0 Å². The summed E-state index contributed by atoms with van der Waals surface area (Å²) in [6.45, 7) is 3.28. The molecule has 4 rings (SSSR count). The molecule has 34 heavy (non-hydrogen) atoms. The first-order chi connectivity index (χ1) is 16.2. The third-order valence-electron chi connectivity index (χ3n) is 6.81. The van der Waals surface area contributed by atoms with E-state index in [9.17, 15) is 22.8 Å². The van der Waals surface area contributed by atoms with Crippen molar-refractivity contribution in [3.63, 3.8) is 0 Å². The summed E-state index contributed by atoms with van der Waals surface area (Å²) in [6, 6.07) is 7.27. The first-order valence-corrected chi connectivity index (χ1v) is 11.7. The van der Waals surface area contributed by atoms with E-state index >= 15 is 0 Å². The van der Waals surface area contributed by atoms with E-state index in [0.29, 0.717) is 57.4 Å². The minimum absolute atomic E-state index is 0.0458. The van der Waals surface area contributed by atoms with E-state index < -0.39 is 35.3 Å². The first kappa shape index (κ1) is 24.0. The molecule has 9 heteroatoms. The number of amides is 2. The fraction of sp³-hybridized carbons (Fsp3) is 0.480. The lowest BCUT2D eigenvalue weighted by atomic mass is 9.84. The third kappa shape index (κ3) is 4.74. The Bertz CT molecular complexity index is 1070. The van der Waals surface area contributed by atoms with Crippen molar-refractivity contribution in [2.24, 2.45) is 5.92 Å². The van der Waals surface area contributed by atoms with Crippen molar-refractivity contribution in [2.75, 3.05) is 18.8 Å². The number of pyridine rings is 1. The van der Waals surface area contributed by atoms with Crippen LogP contribution in [0.2, 0.25) is 0 Å². The Balaban J connectivity index is 1.58. The van der Waals surface area contributed by atoms with Crippen LogP contribution in [-0.4, -0.2) is 45.7 Å². The van der Waals surface area contributed by atoms with Gasteiger partial charge in [-0.25, -0.2) is 0 Å². The van der Waals surface area contributed by atoms with Crippen molar-refractivity contribution >= 4 is 17.5 Å². The summed E-state index contributed by atoms with van der Waals surface area (Å²) in [5.41, 5.74) is 7.10. The maximum absolute atomic E-state index is 13.6. The average molecular weight is 475 g/mol. The Kier molecular flexibility index (Phi) is 6.81. The quantitative estimate of drug-likeness (QED) is 0.671. The van der Waals surface area contributed by atoms with Gasteiger partial charge in [-0.05, 0) is 61.1 Å². The fourth-order valence-corrected chi connectivity index (χ4v) is 5.19. The van der Waals surface area contributed by atoms with Gasteiger partial charge in [0.15, 0.2) is 0 Å². The first-order valence-electron chi connectivity index (χ1n) is 11.7. The van der Waals surface area contributed by atoms with Crippen LogP contribution in [0.25, 0.3) is 0 Å². The number of aromatic nitrogens is 1. The molecule has 6 nitrogen and oxygen atoms in total. The topological polar surface area (TPSA) is 79.5 Å². The molecule has 1 aromatic heterocycles. The lowest BCUT2D eigenvalue weighted by Gasteiger charge is -2.43. The maximum atomic E-state index is 13.6. The van der Waals surface area contributed by atoms with Gasteiger partial charge >= 0.3 is 6.18 Å². The van der Waals surface area contributed by atoms with Gasteiger partial charge in [0.05, 0.1) is 11.5 Å². The minimum atomic E-state index is -4.69. The summed E-state index contributed by atoms with van der Waals surface area (Å²) in [6.07, 6.45) is -0.393. The number of piperidine rings is 1. The average Bonchev–Trinajstić information content (AvgIpc) is 2.82. The molecule has 0 unspecified atom stereocenters. The number of halogens is 3. The molecule has 0 bridgehead atoms. The second-order valence-electron chi connectivity index (χ2n) is 9.04. The van der Waals surface area contributed by atoms with Gasteiger partial charge in [0, 0.05) is 37.6 Å². The van der Waals surface area contributed by atoms with Crippen molar-refractivity contribution in [1.82, 2.24) is 14.8 Å². The molecule has 0 saturated carbocycles. The van der Waals surface area contributed by atoms with Gasteiger partial charge in [0.1, 0.15) is 5.69 Å². The molecule has 0 spiro atoms. The number of anilines is 1. The molecule has 0 radical (unpaired) electrons. The van der Waals surface area contributed by atoms with Crippen LogP contribution in [0, 0.1) is 5.92 Å². The Morgan fingerprint density at radius 3 is 2.71 bits per heavy atom. The van der Waals surface area contributed by atoms with Crippen LogP contribution in [0.5, 0.6) is 0 Å². The highest BCUT2D eigenvalue weighted by Gasteiger charge is 2.43. The Morgan fingerprint density at radius 1 is 1.18 bits per heavy atom. The predicted molar refractivity (Wildman–Crippen MR) is 122 cm³/mol. The number of carbonyl (C=O) groups excluding carboxylic acids is 2. The number of alkyl halides is 3.